The van der Waals surface area contributed by atoms with Crippen LogP contribution in [0.3, 0.4) is 0 Å². The highest BCUT2D eigenvalue weighted by Gasteiger charge is 2.47. The van der Waals surface area contributed by atoms with Crippen LogP contribution in [-0.4, -0.2) is 76.4 Å². The monoisotopic (exact) mass is 916 g/mol. The van der Waals surface area contributed by atoms with Gasteiger partial charge >= 0.3 is 36.2 Å². The third-order valence-electron chi connectivity index (χ3n) is 7.82. The average molecular weight is 918 g/mol. The van der Waals surface area contributed by atoms with E-state index >= 15 is 0 Å². The average Bonchev–Trinajstić information content (AvgIpc) is 3.40. The summed E-state index contributed by atoms with van der Waals surface area (Å²) in [5, 5.41) is 7.07. The molecule has 0 radical (unpaired) electrons. The summed E-state index contributed by atoms with van der Waals surface area (Å²) in [6.07, 6.45) is -4.46. The smallest absolute Gasteiger partial charge is 0.437 e. The minimum absolute atomic E-state index is 0.0808. The molecule has 60 heavy (non-hydrogen) atoms. The number of aliphatic imine (C=N–C) groups is 1. The van der Waals surface area contributed by atoms with E-state index in [1.165, 1.54) is 12.1 Å². The number of carbonyl (C=O) groups is 6. The molecule has 19 heteroatoms. The number of alkyl carbamates (subject to hydrolysis) is 1. The van der Waals surface area contributed by atoms with Gasteiger partial charge in [0.15, 0.2) is 0 Å². The molecule has 0 unspecified atom stereocenters. The van der Waals surface area contributed by atoms with E-state index in [1.54, 1.807) is 111 Å². The van der Waals surface area contributed by atoms with Crippen LogP contribution in [0.25, 0.3) is 0 Å². The molecule has 1 heterocycles. The Hall–Kier alpha value is -5.75. The number of nitrogens with zero attached hydrogens (tertiary/aromatic N) is 3. The van der Waals surface area contributed by atoms with Crippen LogP contribution >= 0.6 is 27.5 Å². The first-order chi connectivity index (χ1) is 27.8. The standard InChI is InChI=1S/C41H47BrClFN6O10/c1-39(2,3)58-35(53)47-34(48-36(54)59-40(4,5)6)49(37(55)60-41(7,8)9)21-30-31(46-33(52)32(51)45-25-16-18-27(43)28(44)20-25)26-17-15-24(42)19-29(26)50(30)38(56)57-22-23-13-11-10-12-14-23/h10-20,30-31H,21-22H2,1-9H3,(H,45,51)(H,46,52)(H,47,48,53,54)/t30-,31+/m1/s1. The van der Waals surface area contributed by atoms with Crippen LogP contribution < -0.4 is 20.9 Å². The molecular weight excluding hydrogens is 871 g/mol. The van der Waals surface area contributed by atoms with Crippen molar-refractivity contribution in [2.75, 3.05) is 16.8 Å². The fourth-order valence-corrected chi connectivity index (χ4v) is 6.02. The summed E-state index contributed by atoms with van der Waals surface area (Å²) < 4.78 is 37.0. The Morgan fingerprint density at radius 3 is 2.07 bits per heavy atom. The number of nitrogens with one attached hydrogen (secondary N) is 3. The summed E-state index contributed by atoms with van der Waals surface area (Å²) in [4.78, 5) is 88.0. The Kier molecular flexibility index (Phi) is 14.9. The Morgan fingerprint density at radius 1 is 0.833 bits per heavy atom. The predicted octanol–water partition coefficient (Wildman–Crippen LogP) is 8.62. The van der Waals surface area contributed by atoms with Crippen molar-refractivity contribution in [2.45, 2.75) is 97.8 Å². The second kappa shape index (κ2) is 19.1. The number of ether oxygens (including phenoxy) is 4. The molecule has 1 aliphatic heterocycles. The van der Waals surface area contributed by atoms with Gasteiger partial charge in [0.25, 0.3) is 0 Å². The molecule has 0 spiro atoms. The fraction of sp³-hybridized carbons (Fsp3) is 0.390. The SMILES string of the molecule is CC(C)(C)OC(=O)N=C(NC(=O)OC(C)(C)C)N(C[C@@H]1[C@@H](NC(=O)C(=O)Nc2ccc(Cl)c(F)c2)c2ccc(Br)cc2N1C(=O)OCc1ccccc1)C(=O)OC(C)(C)C. The topological polar surface area (TPSA) is 194 Å². The number of carbonyl (C=O) groups excluding carboxylic acids is 6. The van der Waals surface area contributed by atoms with Crippen molar-refractivity contribution in [3.8, 4) is 0 Å². The van der Waals surface area contributed by atoms with Gasteiger partial charge in [0, 0.05) is 15.7 Å². The van der Waals surface area contributed by atoms with Gasteiger partial charge in [-0.25, -0.2) is 28.5 Å². The van der Waals surface area contributed by atoms with Crippen LogP contribution in [-0.2, 0) is 35.1 Å². The number of guanidine groups is 1. The van der Waals surface area contributed by atoms with Gasteiger partial charge in [-0.2, -0.15) is 0 Å². The molecule has 3 aromatic rings. The molecule has 3 N–H and O–H groups in total. The summed E-state index contributed by atoms with van der Waals surface area (Å²) in [5.41, 5.74) is -2.25. The van der Waals surface area contributed by atoms with Crippen LogP contribution in [0, 0.1) is 5.82 Å². The second-order valence-electron chi connectivity index (χ2n) is 16.3. The molecule has 0 bridgehead atoms. The number of halogens is 3. The highest BCUT2D eigenvalue weighted by molar-refractivity contribution is 9.10. The van der Waals surface area contributed by atoms with E-state index in [0.717, 1.165) is 15.9 Å². The predicted molar refractivity (Wildman–Crippen MR) is 224 cm³/mol. The highest BCUT2D eigenvalue weighted by atomic mass is 79.9. The van der Waals surface area contributed by atoms with E-state index < -0.39 is 83.4 Å². The van der Waals surface area contributed by atoms with Gasteiger partial charge in [0.1, 0.15) is 29.2 Å². The molecule has 2 atom stereocenters. The van der Waals surface area contributed by atoms with Crippen molar-refractivity contribution >= 4 is 81.1 Å². The lowest BCUT2D eigenvalue weighted by atomic mass is 10.0. The van der Waals surface area contributed by atoms with Gasteiger partial charge in [0.05, 0.1) is 29.3 Å². The third-order valence-corrected chi connectivity index (χ3v) is 8.62. The Labute approximate surface area is 360 Å². The van der Waals surface area contributed by atoms with Crippen LogP contribution in [0.2, 0.25) is 5.02 Å². The summed E-state index contributed by atoms with van der Waals surface area (Å²) in [6, 6.07) is 14.2. The number of hydrogen-bond donors (Lipinski definition) is 3. The van der Waals surface area contributed by atoms with Crippen molar-refractivity contribution in [1.82, 2.24) is 15.5 Å². The van der Waals surface area contributed by atoms with E-state index in [9.17, 15) is 33.2 Å². The molecule has 322 valence electrons. The number of amides is 6. The lowest BCUT2D eigenvalue weighted by Crippen LogP contribution is -2.57. The highest BCUT2D eigenvalue weighted by Crippen LogP contribution is 2.42. The maximum Gasteiger partial charge on any atom is 0.437 e. The molecule has 0 fully saturated rings. The zero-order chi connectivity index (χ0) is 44.7. The minimum atomic E-state index is -1.39. The zero-order valence-electron chi connectivity index (χ0n) is 34.5. The maximum atomic E-state index is 14.3. The van der Waals surface area contributed by atoms with Crippen molar-refractivity contribution in [3.63, 3.8) is 0 Å². The van der Waals surface area contributed by atoms with E-state index in [-0.39, 0.29) is 28.6 Å². The van der Waals surface area contributed by atoms with E-state index in [2.05, 4.69) is 36.9 Å². The van der Waals surface area contributed by atoms with Crippen molar-refractivity contribution in [3.05, 3.63) is 93.2 Å². The number of hydrogen-bond acceptors (Lipinski definition) is 10. The molecule has 0 saturated carbocycles. The van der Waals surface area contributed by atoms with E-state index in [4.69, 9.17) is 30.5 Å². The van der Waals surface area contributed by atoms with Gasteiger partial charge in [-0.1, -0.05) is 63.9 Å². The van der Waals surface area contributed by atoms with Gasteiger partial charge in [-0.05, 0) is 98.2 Å². The van der Waals surface area contributed by atoms with Gasteiger partial charge in [-0.3, -0.25) is 19.8 Å². The molecule has 16 nitrogen and oxygen atoms in total. The Balaban J connectivity index is 1.88. The molecule has 3 aromatic carbocycles. The normalized spacial score (nSPS) is 15.3. The second-order valence-corrected chi connectivity index (χ2v) is 17.7. The third kappa shape index (κ3) is 13.7. The first-order valence-electron chi connectivity index (χ1n) is 18.5. The molecule has 0 aromatic heterocycles. The molecule has 0 aliphatic carbocycles. The zero-order valence-corrected chi connectivity index (χ0v) is 36.8. The summed E-state index contributed by atoms with van der Waals surface area (Å²) in [5.74, 6) is -4.02. The van der Waals surface area contributed by atoms with Gasteiger partial charge in [-0.15, -0.1) is 4.99 Å². The quantitative estimate of drug-likeness (QED) is 0.0933. The van der Waals surface area contributed by atoms with Crippen LogP contribution in [0.1, 0.15) is 79.5 Å². The molecule has 1 aliphatic rings. The van der Waals surface area contributed by atoms with Crippen molar-refractivity contribution in [1.29, 1.82) is 0 Å². The molecule has 0 saturated heterocycles. The fourth-order valence-electron chi connectivity index (χ4n) is 5.55. The van der Waals surface area contributed by atoms with Gasteiger partial charge < -0.3 is 29.6 Å². The van der Waals surface area contributed by atoms with Crippen molar-refractivity contribution in [2.24, 2.45) is 4.99 Å². The first kappa shape index (κ1) is 46.9. The van der Waals surface area contributed by atoms with E-state index in [1.807, 2.05) is 0 Å². The summed E-state index contributed by atoms with van der Waals surface area (Å²) >= 11 is 9.21. The number of benzene rings is 3. The largest absolute Gasteiger partial charge is 0.444 e. The number of fused-ring (bicyclic) bond motifs is 1. The Morgan fingerprint density at radius 2 is 1.47 bits per heavy atom. The van der Waals surface area contributed by atoms with Crippen LogP contribution in [0.15, 0.2) is 76.2 Å². The molecule has 6 amide bonds. The number of anilines is 2. The summed E-state index contributed by atoms with van der Waals surface area (Å²) in [7, 11) is 0. The van der Waals surface area contributed by atoms with Crippen LogP contribution in [0.4, 0.5) is 34.9 Å². The van der Waals surface area contributed by atoms with Gasteiger partial charge in [0.2, 0.25) is 5.96 Å². The summed E-state index contributed by atoms with van der Waals surface area (Å²) in [6.45, 7) is 13.3. The molecular formula is C41H47BrClFN6O10. The lowest BCUT2D eigenvalue weighted by molar-refractivity contribution is -0.136. The van der Waals surface area contributed by atoms with Crippen LogP contribution in [0.5, 0.6) is 0 Å². The van der Waals surface area contributed by atoms with Crippen molar-refractivity contribution < 1.29 is 52.1 Å². The Bertz CT molecular complexity index is 2150. The lowest BCUT2D eigenvalue weighted by Gasteiger charge is -2.34. The molecule has 4 rings (SSSR count). The number of rotatable bonds is 6. The van der Waals surface area contributed by atoms with E-state index in [0.29, 0.717) is 10.0 Å². The minimum Gasteiger partial charge on any atom is -0.444 e. The first-order valence-corrected chi connectivity index (χ1v) is 19.7. The maximum absolute atomic E-state index is 14.3.